The topological polar surface area (TPSA) is 89.3 Å². The van der Waals surface area contributed by atoms with Gasteiger partial charge in [0.05, 0.1) is 17.6 Å². The van der Waals surface area contributed by atoms with Gasteiger partial charge in [0.2, 0.25) is 0 Å². The lowest BCUT2D eigenvalue weighted by Crippen LogP contribution is -2.53. The Morgan fingerprint density at radius 1 is 1.36 bits per heavy atom. The minimum atomic E-state index is -1.09. The summed E-state index contributed by atoms with van der Waals surface area (Å²) in [6.45, 7) is 7.11. The summed E-state index contributed by atoms with van der Waals surface area (Å²) in [5, 5.41) is 21.6. The summed E-state index contributed by atoms with van der Waals surface area (Å²) in [4.78, 5) is 17.2. The number of amides is 1. The summed E-state index contributed by atoms with van der Waals surface area (Å²) in [6, 6.07) is 10.7. The molecule has 8 heteroatoms. The molecule has 0 bridgehead atoms. The van der Waals surface area contributed by atoms with Crippen molar-refractivity contribution in [2.45, 2.75) is 45.3 Å². The van der Waals surface area contributed by atoms with Crippen molar-refractivity contribution in [1.82, 2.24) is 9.88 Å². The monoisotopic (exact) mass is 404 g/mol. The number of hydrogen-bond acceptors (Lipinski definition) is 4. The molecule has 0 aliphatic heterocycles. The maximum absolute atomic E-state index is 14.5. The number of carbonyl (C=O) groups is 1. The van der Waals surface area contributed by atoms with Crippen molar-refractivity contribution in [2.24, 2.45) is 0 Å². The molecule has 1 aromatic carbocycles. The molecule has 1 amide bonds. The first-order valence-corrected chi connectivity index (χ1v) is 9.04. The minimum Gasteiger partial charge on any atom is -0.465 e. The molecule has 2 N–H and O–H groups in total. The third kappa shape index (κ3) is 4.70. The molecule has 0 fully saturated rings. The number of nitrogens with one attached hydrogen (secondary N) is 1. The molecule has 148 valence electrons. The summed E-state index contributed by atoms with van der Waals surface area (Å²) >= 11 is 5.95. The van der Waals surface area contributed by atoms with Crippen LogP contribution in [0.1, 0.15) is 44.9 Å². The Labute approximate surface area is 168 Å². The van der Waals surface area contributed by atoms with Gasteiger partial charge in [0.25, 0.3) is 0 Å². The predicted octanol–water partition coefficient (Wildman–Crippen LogP) is 5.07. The fraction of sp³-hybridized carbons (Fsp3) is 0.350. The molecule has 6 nitrogen and oxygen atoms in total. The number of hydrogen-bond donors (Lipinski definition) is 2. The number of pyridine rings is 1. The molecule has 1 heterocycles. The molecule has 2 atom stereocenters. The molecule has 1 aromatic heterocycles. The van der Waals surface area contributed by atoms with Crippen molar-refractivity contribution >= 4 is 23.5 Å². The lowest BCUT2D eigenvalue weighted by Gasteiger charge is -2.42. The van der Waals surface area contributed by atoms with Crippen molar-refractivity contribution in [3.8, 4) is 6.07 Å². The Bertz CT molecular complexity index is 894. The van der Waals surface area contributed by atoms with Crippen LogP contribution in [-0.4, -0.2) is 32.7 Å². The molecule has 2 rings (SSSR count). The van der Waals surface area contributed by atoms with Gasteiger partial charge < -0.3 is 10.4 Å². The Morgan fingerprint density at radius 3 is 2.46 bits per heavy atom. The summed E-state index contributed by atoms with van der Waals surface area (Å²) < 4.78 is 14.5. The zero-order valence-corrected chi connectivity index (χ0v) is 16.8. The standard InChI is InChI=1S/C20H22ClFN4O2/c1-12(26(19(27)28)20(2,3)4)16(13-8-6-5-7-9-13)24-18-15(22)10-14(11-23)17(21)25-18/h5-10,12,16H,1-4H3,(H,24,25)(H,27,28)/t12-,16+/m0/s1. The molecule has 0 saturated carbocycles. The van der Waals surface area contributed by atoms with Gasteiger partial charge in [-0.1, -0.05) is 41.9 Å². The highest BCUT2D eigenvalue weighted by molar-refractivity contribution is 6.30. The highest BCUT2D eigenvalue weighted by Gasteiger charge is 2.36. The van der Waals surface area contributed by atoms with Crippen LogP contribution in [0.5, 0.6) is 0 Å². The second kappa shape index (κ2) is 8.44. The van der Waals surface area contributed by atoms with Crippen LogP contribution in [0.25, 0.3) is 0 Å². The summed E-state index contributed by atoms with van der Waals surface area (Å²) in [5.74, 6) is -0.893. The van der Waals surface area contributed by atoms with Gasteiger partial charge in [0.1, 0.15) is 11.2 Å². The van der Waals surface area contributed by atoms with E-state index in [2.05, 4.69) is 10.3 Å². The first kappa shape index (κ1) is 21.5. The molecule has 0 radical (unpaired) electrons. The smallest absolute Gasteiger partial charge is 0.408 e. The highest BCUT2D eigenvalue weighted by Crippen LogP contribution is 2.31. The average molecular weight is 405 g/mol. The van der Waals surface area contributed by atoms with Gasteiger partial charge in [-0.05, 0) is 39.3 Å². The van der Waals surface area contributed by atoms with Gasteiger partial charge >= 0.3 is 6.09 Å². The molecule has 28 heavy (non-hydrogen) atoms. The maximum Gasteiger partial charge on any atom is 0.408 e. The molecule has 2 aromatic rings. The number of benzene rings is 1. The van der Waals surface area contributed by atoms with E-state index in [-0.39, 0.29) is 16.5 Å². The van der Waals surface area contributed by atoms with Crippen LogP contribution in [0.15, 0.2) is 36.4 Å². The minimum absolute atomic E-state index is 0.0733. The first-order valence-electron chi connectivity index (χ1n) is 8.66. The number of anilines is 1. The van der Waals surface area contributed by atoms with Crippen LogP contribution >= 0.6 is 11.6 Å². The Morgan fingerprint density at radius 2 is 1.96 bits per heavy atom. The van der Waals surface area contributed by atoms with E-state index < -0.39 is 29.5 Å². The normalized spacial score (nSPS) is 13.3. The van der Waals surface area contributed by atoms with Crippen molar-refractivity contribution in [1.29, 1.82) is 5.26 Å². The summed E-state index contributed by atoms with van der Waals surface area (Å²) in [6.07, 6.45) is -1.09. The van der Waals surface area contributed by atoms with Crippen LogP contribution < -0.4 is 5.32 Å². The molecule has 0 saturated heterocycles. The van der Waals surface area contributed by atoms with Gasteiger partial charge in [0, 0.05) is 5.54 Å². The van der Waals surface area contributed by atoms with Gasteiger partial charge in [-0.2, -0.15) is 5.26 Å². The molecule has 0 spiro atoms. The number of carboxylic acid groups (broad SMARTS) is 1. The highest BCUT2D eigenvalue weighted by atomic mass is 35.5. The van der Waals surface area contributed by atoms with Gasteiger partial charge in [-0.25, -0.2) is 14.2 Å². The van der Waals surface area contributed by atoms with Gasteiger partial charge in [0.15, 0.2) is 11.6 Å². The Hall–Kier alpha value is -2.85. The zero-order valence-electron chi connectivity index (χ0n) is 16.1. The lowest BCUT2D eigenvalue weighted by atomic mass is 9.95. The quantitative estimate of drug-likeness (QED) is 0.679. The summed E-state index contributed by atoms with van der Waals surface area (Å²) in [7, 11) is 0. The van der Waals surface area contributed by atoms with E-state index in [1.807, 2.05) is 30.3 Å². The van der Waals surface area contributed by atoms with Crippen molar-refractivity contribution < 1.29 is 14.3 Å². The average Bonchev–Trinajstić information content (AvgIpc) is 2.61. The van der Waals surface area contributed by atoms with E-state index >= 15 is 0 Å². The van der Waals surface area contributed by atoms with E-state index in [9.17, 15) is 14.3 Å². The SMILES string of the molecule is C[C@@H]([C@@H](Nc1nc(Cl)c(C#N)cc1F)c1ccccc1)N(C(=O)O)C(C)(C)C. The lowest BCUT2D eigenvalue weighted by molar-refractivity contribution is 0.0693. The Balaban J connectivity index is 2.52. The van der Waals surface area contributed by atoms with Crippen LogP contribution in [-0.2, 0) is 0 Å². The van der Waals surface area contributed by atoms with Gasteiger partial charge in [-0.15, -0.1) is 0 Å². The van der Waals surface area contributed by atoms with E-state index in [1.165, 1.54) is 4.90 Å². The second-order valence-corrected chi connectivity index (χ2v) is 7.72. The number of aromatic nitrogens is 1. The van der Waals surface area contributed by atoms with E-state index in [4.69, 9.17) is 16.9 Å². The van der Waals surface area contributed by atoms with Crippen molar-refractivity contribution in [2.75, 3.05) is 5.32 Å². The van der Waals surface area contributed by atoms with E-state index in [1.54, 1.807) is 33.8 Å². The third-order valence-corrected chi connectivity index (χ3v) is 4.61. The predicted molar refractivity (Wildman–Crippen MR) is 106 cm³/mol. The van der Waals surface area contributed by atoms with Crippen molar-refractivity contribution in [3.05, 3.63) is 58.5 Å². The van der Waals surface area contributed by atoms with Crippen molar-refractivity contribution in [3.63, 3.8) is 0 Å². The third-order valence-electron chi connectivity index (χ3n) is 4.32. The second-order valence-electron chi connectivity index (χ2n) is 7.37. The number of nitriles is 1. The fourth-order valence-electron chi connectivity index (χ4n) is 3.16. The first-order chi connectivity index (χ1) is 13.1. The van der Waals surface area contributed by atoms with Crippen LogP contribution in [0.3, 0.4) is 0 Å². The number of halogens is 2. The van der Waals surface area contributed by atoms with E-state index in [0.29, 0.717) is 0 Å². The van der Waals surface area contributed by atoms with Gasteiger partial charge in [-0.3, -0.25) is 4.90 Å². The molecule has 0 unspecified atom stereocenters. The molecule has 0 aliphatic rings. The number of nitrogens with zero attached hydrogens (tertiary/aromatic N) is 3. The van der Waals surface area contributed by atoms with E-state index in [0.717, 1.165) is 11.6 Å². The summed E-state index contributed by atoms with van der Waals surface area (Å²) in [5.41, 5.74) is -0.00287. The van der Waals surface area contributed by atoms with Crippen LogP contribution in [0.2, 0.25) is 5.15 Å². The molecule has 0 aliphatic carbocycles. The fourth-order valence-corrected chi connectivity index (χ4v) is 3.34. The molecular weight excluding hydrogens is 383 g/mol. The zero-order chi connectivity index (χ0) is 21.1. The number of rotatable bonds is 5. The van der Waals surface area contributed by atoms with Crippen LogP contribution in [0, 0.1) is 17.1 Å². The Kier molecular flexibility index (Phi) is 6.47. The van der Waals surface area contributed by atoms with Crippen LogP contribution in [0.4, 0.5) is 15.0 Å². The molecular formula is C20H22ClFN4O2. The maximum atomic E-state index is 14.5. The largest absolute Gasteiger partial charge is 0.465 e.